The van der Waals surface area contributed by atoms with E-state index in [1.54, 1.807) is 0 Å². The predicted molar refractivity (Wildman–Crippen MR) is 40.8 cm³/mol. The van der Waals surface area contributed by atoms with Gasteiger partial charge >= 0.3 is 18.3 Å². The normalized spacial score (nSPS) is 15.9. The van der Waals surface area contributed by atoms with Gasteiger partial charge in [0.05, 0.1) is 0 Å². The molecule has 0 aromatic carbocycles. The summed E-state index contributed by atoms with van der Waals surface area (Å²) in [6.45, 7) is 0. The molecule has 0 bridgehead atoms. The van der Waals surface area contributed by atoms with Crippen molar-refractivity contribution in [1.29, 1.82) is 0 Å². The Kier molecular flexibility index (Phi) is 4.56. The summed E-state index contributed by atoms with van der Waals surface area (Å²) in [5.41, 5.74) is -0.960. The molecule has 0 fully saturated rings. The second-order valence-corrected chi connectivity index (χ2v) is 3.42. The third kappa shape index (κ3) is 2.82. The fourth-order valence-electron chi connectivity index (χ4n) is 1.16. The second-order valence-electron chi connectivity index (χ2n) is 3.42. The first-order chi connectivity index (χ1) is 7.77. The van der Waals surface area contributed by atoms with Crippen LogP contribution in [-0.2, 0) is 4.79 Å². The molecule has 0 unspecified atom stereocenters. The molecule has 0 aromatic heterocycles. The number of hydrogen-bond donors (Lipinski definition) is 2. The molecule has 0 aliphatic heterocycles. The Balaban J connectivity index is 5.74. The van der Waals surface area contributed by atoms with Gasteiger partial charge in [-0.15, -0.1) is 0 Å². The van der Waals surface area contributed by atoms with E-state index in [9.17, 15) is 39.9 Å². The number of carboxylic acid groups (broad SMARTS) is 1. The van der Waals surface area contributed by atoms with Crippen molar-refractivity contribution in [3.8, 4) is 0 Å². The summed E-state index contributed by atoms with van der Waals surface area (Å²) >= 11 is 0. The summed E-state index contributed by atoms with van der Waals surface area (Å²) in [5.74, 6) is -2.24. The Hall–Kier alpha value is -1.13. The number of nitrogens with two attached hydrogens (primary N) is 1. The fraction of sp³-hybridized carbons (Fsp3) is 0.857. The summed E-state index contributed by atoms with van der Waals surface area (Å²) < 4.78 is 98.3. The molecule has 0 aliphatic carbocycles. The zero-order valence-electron chi connectivity index (χ0n) is 8.32. The molecule has 3 N–H and O–H groups in total. The summed E-state index contributed by atoms with van der Waals surface area (Å²) in [6, 6.07) is -2.72. The molecule has 0 radical (unpaired) electrons. The van der Waals surface area contributed by atoms with Crippen molar-refractivity contribution in [2.75, 3.05) is 0 Å². The van der Waals surface area contributed by atoms with Crippen LogP contribution in [-0.4, -0.2) is 35.9 Å². The zero-order chi connectivity index (χ0) is 14.9. The highest BCUT2D eigenvalue weighted by atomic mass is 19.4. The first-order valence-corrected chi connectivity index (χ1v) is 4.17. The first kappa shape index (κ1) is 16.9. The van der Waals surface area contributed by atoms with Gasteiger partial charge in [0.1, 0.15) is 6.04 Å². The number of rotatable bonds is 4. The van der Waals surface area contributed by atoms with Gasteiger partial charge in [0.25, 0.3) is 6.43 Å². The topological polar surface area (TPSA) is 63.3 Å². The van der Waals surface area contributed by atoms with Crippen LogP contribution in [0.1, 0.15) is 6.42 Å². The Labute approximate surface area is 94.5 Å². The molecule has 3 nitrogen and oxygen atoms in total. The van der Waals surface area contributed by atoms with E-state index in [-0.39, 0.29) is 0 Å². The highest BCUT2D eigenvalue weighted by Crippen LogP contribution is 2.56. The third-order valence-electron chi connectivity index (χ3n) is 2.24. The van der Waals surface area contributed by atoms with Crippen molar-refractivity contribution in [3.05, 3.63) is 0 Å². The highest BCUT2D eigenvalue weighted by molar-refractivity contribution is 5.73. The van der Waals surface area contributed by atoms with Crippen molar-refractivity contribution in [1.82, 2.24) is 0 Å². The smallest absolute Gasteiger partial charge is 0.408 e. The van der Waals surface area contributed by atoms with E-state index in [1.807, 2.05) is 0 Å². The summed E-state index contributed by atoms with van der Waals surface area (Å²) in [6.07, 6.45) is -20.1. The van der Waals surface area contributed by atoms with Gasteiger partial charge in [0.15, 0.2) is 0 Å². The van der Waals surface area contributed by atoms with Crippen molar-refractivity contribution in [2.45, 2.75) is 31.2 Å². The van der Waals surface area contributed by atoms with Gasteiger partial charge in [-0.2, -0.15) is 26.3 Å². The minimum Gasteiger partial charge on any atom is -0.480 e. The maximum Gasteiger partial charge on any atom is 0.408 e. The molecule has 0 aliphatic rings. The molecular formula is C7H7F8NO2. The van der Waals surface area contributed by atoms with Crippen LogP contribution in [0, 0.1) is 5.41 Å². The molecule has 0 heterocycles. The molecule has 0 rings (SSSR count). The van der Waals surface area contributed by atoms with Crippen LogP contribution in [0.5, 0.6) is 0 Å². The Morgan fingerprint density at radius 1 is 1.06 bits per heavy atom. The van der Waals surface area contributed by atoms with Crippen molar-refractivity contribution >= 4 is 5.97 Å². The van der Waals surface area contributed by atoms with Crippen LogP contribution < -0.4 is 5.73 Å². The maximum absolute atomic E-state index is 12.3. The van der Waals surface area contributed by atoms with Crippen LogP contribution >= 0.6 is 0 Å². The quantitative estimate of drug-likeness (QED) is 0.780. The Bertz CT molecular complexity index is 296. The van der Waals surface area contributed by atoms with Gasteiger partial charge in [-0.25, -0.2) is 8.78 Å². The third-order valence-corrected chi connectivity index (χ3v) is 2.24. The van der Waals surface area contributed by atoms with Crippen LogP contribution in [0.4, 0.5) is 35.1 Å². The molecule has 0 amide bonds. The molecule has 1 atom stereocenters. The standard InChI is InChI=1S/C7H7F8NO2/c8-4(9)5(6(10,11)12,7(13,14)15)1-2(16)3(17)18/h2,4H,1,16H2,(H,17,18)/t2-/m0/s1. The molecule has 108 valence electrons. The lowest BCUT2D eigenvalue weighted by molar-refractivity contribution is -0.375. The van der Waals surface area contributed by atoms with Crippen LogP contribution in [0.25, 0.3) is 0 Å². The van der Waals surface area contributed by atoms with Crippen molar-refractivity contribution < 1.29 is 45.0 Å². The van der Waals surface area contributed by atoms with Crippen molar-refractivity contribution in [3.63, 3.8) is 0 Å². The lowest BCUT2D eigenvalue weighted by Crippen LogP contribution is -2.58. The lowest BCUT2D eigenvalue weighted by atomic mass is 9.80. The van der Waals surface area contributed by atoms with E-state index in [0.717, 1.165) is 0 Å². The van der Waals surface area contributed by atoms with Crippen LogP contribution in [0.15, 0.2) is 0 Å². The fourth-order valence-corrected chi connectivity index (χ4v) is 1.16. The van der Waals surface area contributed by atoms with Gasteiger partial charge in [-0.3, -0.25) is 4.79 Å². The van der Waals surface area contributed by atoms with Gasteiger partial charge in [-0.1, -0.05) is 0 Å². The monoisotopic (exact) mass is 289 g/mol. The van der Waals surface area contributed by atoms with E-state index < -0.39 is 42.6 Å². The summed E-state index contributed by atoms with van der Waals surface area (Å²) in [4.78, 5) is 10.1. The molecule has 18 heavy (non-hydrogen) atoms. The average molecular weight is 289 g/mol. The lowest BCUT2D eigenvalue weighted by Gasteiger charge is -2.37. The molecule has 0 saturated carbocycles. The SMILES string of the molecule is N[C@@H](CC(C(F)F)(C(F)(F)F)C(F)(F)F)C(=O)O. The Morgan fingerprint density at radius 3 is 1.56 bits per heavy atom. The molecule has 0 saturated heterocycles. The second kappa shape index (κ2) is 4.86. The molecular weight excluding hydrogens is 282 g/mol. The molecule has 0 spiro atoms. The minimum absolute atomic E-state index is 2.24. The van der Waals surface area contributed by atoms with E-state index >= 15 is 0 Å². The largest absolute Gasteiger partial charge is 0.480 e. The number of alkyl halides is 8. The maximum atomic E-state index is 12.3. The van der Waals surface area contributed by atoms with Crippen molar-refractivity contribution in [2.24, 2.45) is 11.1 Å². The van der Waals surface area contributed by atoms with E-state index in [2.05, 4.69) is 5.73 Å². The predicted octanol–water partition coefficient (Wildman–Crippen LogP) is 2.16. The zero-order valence-corrected chi connectivity index (χ0v) is 8.32. The van der Waals surface area contributed by atoms with Gasteiger partial charge in [0.2, 0.25) is 5.41 Å². The van der Waals surface area contributed by atoms with E-state index in [0.29, 0.717) is 0 Å². The summed E-state index contributed by atoms with van der Waals surface area (Å²) in [7, 11) is 0. The minimum atomic E-state index is -6.38. The van der Waals surface area contributed by atoms with Gasteiger partial charge in [-0.05, 0) is 0 Å². The van der Waals surface area contributed by atoms with Gasteiger partial charge in [0, 0.05) is 6.42 Å². The average Bonchev–Trinajstić information content (AvgIpc) is 2.08. The van der Waals surface area contributed by atoms with Gasteiger partial charge < -0.3 is 10.8 Å². The molecule has 11 heteroatoms. The highest BCUT2D eigenvalue weighted by Gasteiger charge is 2.76. The van der Waals surface area contributed by atoms with Crippen LogP contribution in [0.2, 0.25) is 0 Å². The number of aliphatic carboxylic acids is 1. The van der Waals surface area contributed by atoms with Crippen LogP contribution in [0.3, 0.4) is 0 Å². The number of carboxylic acids is 1. The number of hydrogen-bond acceptors (Lipinski definition) is 2. The Morgan fingerprint density at radius 2 is 1.39 bits per heavy atom. The number of carbonyl (C=O) groups is 1. The summed E-state index contributed by atoms with van der Waals surface area (Å²) in [5, 5.41) is 8.15. The molecule has 0 aromatic rings. The number of halogens is 8. The van der Waals surface area contributed by atoms with E-state index in [4.69, 9.17) is 5.11 Å². The first-order valence-electron chi connectivity index (χ1n) is 4.17. The van der Waals surface area contributed by atoms with E-state index in [1.165, 1.54) is 0 Å².